The van der Waals surface area contributed by atoms with Crippen LogP contribution in [-0.4, -0.2) is 41.7 Å². The third-order valence-electron chi connectivity index (χ3n) is 3.70. The molecule has 1 heterocycles. The predicted molar refractivity (Wildman–Crippen MR) is 70.2 cm³/mol. The monoisotopic (exact) mass is 252 g/mol. The van der Waals surface area contributed by atoms with Gasteiger partial charge in [-0.15, -0.1) is 0 Å². The second-order valence-corrected chi connectivity index (χ2v) is 5.57. The molecule has 0 amide bonds. The van der Waals surface area contributed by atoms with Gasteiger partial charge in [0, 0.05) is 25.4 Å². The highest BCUT2D eigenvalue weighted by Gasteiger charge is 2.24. The first-order valence-electron chi connectivity index (χ1n) is 6.87. The molecule has 1 aromatic heterocycles. The fourth-order valence-corrected chi connectivity index (χ4v) is 2.51. The van der Waals surface area contributed by atoms with Crippen LogP contribution >= 0.6 is 0 Å². The molecule has 0 aliphatic heterocycles. The second-order valence-electron chi connectivity index (χ2n) is 5.57. The number of hydrogen-bond donors (Lipinski definition) is 1. The van der Waals surface area contributed by atoms with E-state index in [1.807, 2.05) is 14.1 Å². The third-order valence-corrected chi connectivity index (χ3v) is 3.70. The summed E-state index contributed by atoms with van der Waals surface area (Å²) in [5, 5.41) is 4.03. The molecule has 5 nitrogen and oxygen atoms in total. The summed E-state index contributed by atoms with van der Waals surface area (Å²) in [4.78, 5) is 6.57. The molecule has 0 aromatic carbocycles. The van der Waals surface area contributed by atoms with E-state index < -0.39 is 0 Å². The fourth-order valence-electron chi connectivity index (χ4n) is 2.51. The van der Waals surface area contributed by atoms with Gasteiger partial charge in [-0.3, -0.25) is 0 Å². The topological polar surface area (TPSA) is 68.2 Å². The Labute approximate surface area is 109 Å². The molecule has 0 saturated heterocycles. The van der Waals surface area contributed by atoms with Crippen molar-refractivity contribution in [2.24, 2.45) is 11.7 Å². The van der Waals surface area contributed by atoms with Crippen LogP contribution in [0.15, 0.2) is 4.52 Å². The van der Waals surface area contributed by atoms with Gasteiger partial charge in [-0.2, -0.15) is 4.98 Å². The molecule has 1 aromatic rings. The number of nitrogens with zero attached hydrogens (tertiary/aromatic N) is 3. The lowest BCUT2D eigenvalue weighted by Crippen LogP contribution is -2.34. The minimum Gasteiger partial charge on any atom is -0.339 e. The number of rotatable bonds is 5. The van der Waals surface area contributed by atoms with Crippen molar-refractivity contribution in [3.05, 3.63) is 11.7 Å². The van der Waals surface area contributed by atoms with Crippen LogP contribution in [0.2, 0.25) is 0 Å². The molecule has 2 atom stereocenters. The molecule has 1 aliphatic rings. The van der Waals surface area contributed by atoms with E-state index in [1.54, 1.807) is 0 Å². The summed E-state index contributed by atoms with van der Waals surface area (Å²) in [7, 11) is 4.09. The van der Waals surface area contributed by atoms with Crippen molar-refractivity contribution >= 4 is 0 Å². The lowest BCUT2D eigenvalue weighted by Gasteiger charge is -2.27. The standard InChI is InChI=1S/C13H24N4O/c1-17(2)8-7-12-15-13(18-16-12)9-10-5-3-4-6-11(10)14/h10-11H,3-9,14H2,1-2H3. The average Bonchev–Trinajstić information content (AvgIpc) is 2.77. The van der Waals surface area contributed by atoms with E-state index in [0.717, 1.165) is 37.5 Å². The van der Waals surface area contributed by atoms with Crippen molar-refractivity contribution < 1.29 is 4.52 Å². The Morgan fingerprint density at radius 3 is 2.83 bits per heavy atom. The molecule has 2 unspecified atom stereocenters. The van der Waals surface area contributed by atoms with Gasteiger partial charge in [0.15, 0.2) is 5.82 Å². The van der Waals surface area contributed by atoms with E-state index in [9.17, 15) is 0 Å². The zero-order valence-electron chi connectivity index (χ0n) is 11.4. The van der Waals surface area contributed by atoms with Gasteiger partial charge in [0.25, 0.3) is 0 Å². The van der Waals surface area contributed by atoms with E-state index >= 15 is 0 Å². The van der Waals surface area contributed by atoms with Crippen LogP contribution < -0.4 is 5.73 Å². The van der Waals surface area contributed by atoms with E-state index in [-0.39, 0.29) is 0 Å². The average molecular weight is 252 g/mol. The van der Waals surface area contributed by atoms with Crippen LogP contribution in [0, 0.1) is 5.92 Å². The Hall–Kier alpha value is -0.940. The lowest BCUT2D eigenvalue weighted by atomic mass is 9.83. The summed E-state index contributed by atoms with van der Waals surface area (Å²) < 4.78 is 5.31. The van der Waals surface area contributed by atoms with E-state index in [0.29, 0.717) is 12.0 Å². The smallest absolute Gasteiger partial charge is 0.226 e. The third kappa shape index (κ3) is 3.78. The zero-order valence-corrected chi connectivity index (χ0v) is 11.4. The van der Waals surface area contributed by atoms with Crippen LogP contribution in [0.5, 0.6) is 0 Å². The van der Waals surface area contributed by atoms with Crippen molar-refractivity contribution in [3.8, 4) is 0 Å². The van der Waals surface area contributed by atoms with Crippen LogP contribution in [0.1, 0.15) is 37.4 Å². The van der Waals surface area contributed by atoms with Crippen LogP contribution in [-0.2, 0) is 12.8 Å². The molecule has 0 bridgehead atoms. The van der Waals surface area contributed by atoms with Gasteiger partial charge in [0.1, 0.15) is 0 Å². The highest BCUT2D eigenvalue weighted by Crippen LogP contribution is 2.25. The maximum atomic E-state index is 6.14. The molecular weight excluding hydrogens is 228 g/mol. The lowest BCUT2D eigenvalue weighted by molar-refractivity contribution is 0.272. The highest BCUT2D eigenvalue weighted by atomic mass is 16.5. The van der Waals surface area contributed by atoms with E-state index in [4.69, 9.17) is 10.3 Å². The normalized spacial score (nSPS) is 24.7. The highest BCUT2D eigenvalue weighted by molar-refractivity contribution is 4.91. The minimum atomic E-state index is 0.302. The van der Waals surface area contributed by atoms with Crippen molar-refractivity contribution in [2.75, 3.05) is 20.6 Å². The van der Waals surface area contributed by atoms with Crippen molar-refractivity contribution in [1.29, 1.82) is 0 Å². The maximum absolute atomic E-state index is 6.14. The first kappa shape index (κ1) is 13.5. The molecule has 0 spiro atoms. The number of hydrogen-bond acceptors (Lipinski definition) is 5. The van der Waals surface area contributed by atoms with Gasteiger partial charge in [-0.1, -0.05) is 18.0 Å². The summed E-state index contributed by atoms with van der Waals surface area (Å²) in [5.41, 5.74) is 6.14. The Balaban J connectivity index is 1.85. The van der Waals surface area contributed by atoms with Crippen molar-refractivity contribution in [2.45, 2.75) is 44.6 Å². The summed E-state index contributed by atoms with van der Waals surface area (Å²) >= 11 is 0. The van der Waals surface area contributed by atoms with Gasteiger partial charge < -0.3 is 15.2 Å². The largest absolute Gasteiger partial charge is 0.339 e. The fraction of sp³-hybridized carbons (Fsp3) is 0.846. The molecule has 1 fully saturated rings. The Bertz CT molecular complexity index is 364. The molecule has 2 N–H and O–H groups in total. The predicted octanol–water partition coefficient (Wildman–Crippen LogP) is 1.23. The number of aromatic nitrogens is 2. The first-order chi connectivity index (χ1) is 8.65. The van der Waals surface area contributed by atoms with Crippen LogP contribution in [0.25, 0.3) is 0 Å². The van der Waals surface area contributed by atoms with Crippen LogP contribution in [0.4, 0.5) is 0 Å². The summed E-state index contributed by atoms with van der Waals surface area (Å²) in [6.07, 6.45) is 6.54. The molecule has 18 heavy (non-hydrogen) atoms. The molecule has 5 heteroatoms. The first-order valence-corrected chi connectivity index (χ1v) is 6.87. The van der Waals surface area contributed by atoms with Crippen molar-refractivity contribution in [1.82, 2.24) is 15.0 Å². The molecular formula is C13H24N4O. The van der Waals surface area contributed by atoms with E-state index in [2.05, 4.69) is 15.0 Å². The van der Waals surface area contributed by atoms with Gasteiger partial charge in [-0.05, 0) is 32.9 Å². The quantitative estimate of drug-likeness (QED) is 0.853. The van der Waals surface area contributed by atoms with Crippen molar-refractivity contribution in [3.63, 3.8) is 0 Å². The molecule has 1 aliphatic carbocycles. The zero-order chi connectivity index (χ0) is 13.0. The minimum absolute atomic E-state index is 0.302. The Kier molecular flexibility index (Phi) is 4.72. The van der Waals surface area contributed by atoms with Gasteiger partial charge in [0.05, 0.1) is 0 Å². The maximum Gasteiger partial charge on any atom is 0.226 e. The molecule has 0 radical (unpaired) electrons. The second kappa shape index (κ2) is 6.29. The summed E-state index contributed by atoms with van der Waals surface area (Å²) in [6.45, 7) is 0.946. The van der Waals surface area contributed by atoms with Crippen LogP contribution in [0.3, 0.4) is 0 Å². The summed E-state index contributed by atoms with van der Waals surface area (Å²) in [5.74, 6) is 2.08. The van der Waals surface area contributed by atoms with Gasteiger partial charge in [0.2, 0.25) is 5.89 Å². The Morgan fingerprint density at radius 1 is 1.33 bits per heavy atom. The summed E-state index contributed by atoms with van der Waals surface area (Å²) in [6, 6.07) is 0.302. The Morgan fingerprint density at radius 2 is 2.11 bits per heavy atom. The van der Waals surface area contributed by atoms with E-state index in [1.165, 1.54) is 19.3 Å². The molecule has 1 saturated carbocycles. The van der Waals surface area contributed by atoms with Gasteiger partial charge >= 0.3 is 0 Å². The SMILES string of the molecule is CN(C)CCc1noc(CC2CCCCC2N)n1. The molecule has 2 rings (SSSR count). The molecule has 102 valence electrons. The number of likely N-dealkylation sites (N-methyl/N-ethyl adjacent to an activating group) is 1. The number of nitrogens with two attached hydrogens (primary N) is 1. The van der Waals surface area contributed by atoms with Gasteiger partial charge in [-0.25, -0.2) is 0 Å².